The summed E-state index contributed by atoms with van der Waals surface area (Å²) in [6.07, 6.45) is 16.0. The third-order valence-electron chi connectivity index (χ3n) is 7.38. The van der Waals surface area contributed by atoms with Crippen LogP contribution in [0.25, 0.3) is 0 Å². The zero-order valence-electron chi connectivity index (χ0n) is 25.1. The van der Waals surface area contributed by atoms with Crippen LogP contribution in [0.4, 0.5) is 0 Å². The number of carboxylic acid groups (broad SMARTS) is 1. The van der Waals surface area contributed by atoms with E-state index in [1.807, 2.05) is 32.1 Å². The number of allylic oxidation sites excluding steroid dienone is 9. The van der Waals surface area contributed by atoms with Crippen molar-refractivity contribution in [1.82, 2.24) is 5.32 Å². The van der Waals surface area contributed by atoms with Gasteiger partial charge in [-0.1, -0.05) is 81.4 Å². The monoisotopic (exact) mass is 547 g/mol. The molecule has 0 saturated carbocycles. The number of carbonyl (C=O) groups is 3. The molecule has 1 aliphatic rings. The van der Waals surface area contributed by atoms with Crippen LogP contribution in [0.15, 0.2) is 83.0 Å². The molecule has 0 aliphatic heterocycles. The largest absolute Gasteiger partial charge is 0.479 e. The molecule has 0 spiro atoms. The SMILES string of the molecule is CCCC(=O)Oc1cccc(C(CC)(NC(=O)C=C(C)C=CC=C(C)C=CC2=C(C)CCCC2(C)C)C(=O)O)c1. The molecule has 1 atom stereocenters. The van der Waals surface area contributed by atoms with Gasteiger partial charge in [-0.3, -0.25) is 9.59 Å². The minimum Gasteiger partial charge on any atom is -0.479 e. The van der Waals surface area contributed by atoms with Gasteiger partial charge in [-0.25, -0.2) is 4.79 Å². The average molecular weight is 548 g/mol. The fourth-order valence-electron chi connectivity index (χ4n) is 5.04. The van der Waals surface area contributed by atoms with Crippen molar-refractivity contribution in [2.75, 3.05) is 0 Å². The summed E-state index contributed by atoms with van der Waals surface area (Å²) in [5.74, 6) is -1.87. The van der Waals surface area contributed by atoms with Gasteiger partial charge in [-0.2, -0.15) is 0 Å². The predicted octanol–water partition coefficient (Wildman–Crippen LogP) is 7.73. The van der Waals surface area contributed by atoms with Gasteiger partial charge in [0.25, 0.3) is 0 Å². The Morgan fingerprint density at radius 2 is 1.85 bits per heavy atom. The van der Waals surface area contributed by atoms with Gasteiger partial charge >= 0.3 is 11.9 Å². The number of benzene rings is 1. The molecule has 2 rings (SSSR count). The molecule has 0 bridgehead atoms. The van der Waals surface area contributed by atoms with Crippen LogP contribution in [0.1, 0.15) is 92.6 Å². The number of amides is 1. The Morgan fingerprint density at radius 3 is 2.48 bits per heavy atom. The molecule has 216 valence electrons. The Hall–Kier alpha value is -3.67. The molecule has 2 N–H and O–H groups in total. The smallest absolute Gasteiger partial charge is 0.334 e. The number of carboxylic acids is 1. The fraction of sp³-hybridized carbons (Fsp3) is 0.441. The van der Waals surface area contributed by atoms with Crippen LogP contribution >= 0.6 is 0 Å². The first-order valence-corrected chi connectivity index (χ1v) is 14.1. The van der Waals surface area contributed by atoms with E-state index in [2.05, 4.69) is 38.2 Å². The summed E-state index contributed by atoms with van der Waals surface area (Å²) in [6.45, 7) is 14.2. The summed E-state index contributed by atoms with van der Waals surface area (Å²) in [7, 11) is 0. The molecule has 0 saturated heterocycles. The number of rotatable bonds is 12. The van der Waals surface area contributed by atoms with Crippen molar-refractivity contribution in [3.8, 4) is 5.75 Å². The third kappa shape index (κ3) is 8.94. The first kappa shape index (κ1) is 32.5. The van der Waals surface area contributed by atoms with Crippen molar-refractivity contribution in [2.45, 2.75) is 92.5 Å². The molecule has 6 nitrogen and oxygen atoms in total. The molecule has 0 heterocycles. The van der Waals surface area contributed by atoms with Crippen molar-refractivity contribution in [3.05, 3.63) is 88.6 Å². The molecule has 40 heavy (non-hydrogen) atoms. The van der Waals surface area contributed by atoms with Gasteiger partial charge in [-0.05, 0) is 87.1 Å². The van der Waals surface area contributed by atoms with E-state index in [1.165, 1.54) is 36.1 Å². The van der Waals surface area contributed by atoms with Crippen molar-refractivity contribution >= 4 is 17.8 Å². The molecule has 0 fully saturated rings. The molecule has 0 aromatic heterocycles. The maximum Gasteiger partial charge on any atom is 0.334 e. The Balaban J connectivity index is 2.17. The number of hydrogen-bond acceptors (Lipinski definition) is 4. The molecular weight excluding hydrogens is 502 g/mol. The van der Waals surface area contributed by atoms with Crippen molar-refractivity contribution < 1.29 is 24.2 Å². The van der Waals surface area contributed by atoms with E-state index < -0.39 is 23.4 Å². The lowest BCUT2D eigenvalue weighted by Gasteiger charge is -2.32. The predicted molar refractivity (Wildman–Crippen MR) is 161 cm³/mol. The minimum absolute atomic E-state index is 0.101. The van der Waals surface area contributed by atoms with Crippen molar-refractivity contribution in [3.63, 3.8) is 0 Å². The van der Waals surface area contributed by atoms with E-state index in [1.54, 1.807) is 32.0 Å². The Labute approximate surface area is 239 Å². The second-order valence-electron chi connectivity index (χ2n) is 11.2. The number of esters is 1. The highest BCUT2D eigenvalue weighted by molar-refractivity contribution is 5.94. The third-order valence-corrected chi connectivity index (χ3v) is 7.38. The van der Waals surface area contributed by atoms with E-state index in [4.69, 9.17) is 4.74 Å². The highest BCUT2D eigenvalue weighted by atomic mass is 16.5. The van der Waals surface area contributed by atoms with Gasteiger partial charge in [0.2, 0.25) is 5.91 Å². The van der Waals surface area contributed by atoms with Crippen LogP contribution in [0.3, 0.4) is 0 Å². The first-order valence-electron chi connectivity index (χ1n) is 14.1. The zero-order valence-corrected chi connectivity index (χ0v) is 25.1. The molecule has 1 aromatic rings. The molecule has 1 unspecified atom stereocenters. The van der Waals surface area contributed by atoms with Gasteiger partial charge in [0.05, 0.1) is 0 Å². The molecule has 1 aromatic carbocycles. The van der Waals surface area contributed by atoms with Gasteiger partial charge < -0.3 is 15.2 Å². The molecule has 1 amide bonds. The van der Waals surface area contributed by atoms with Gasteiger partial charge in [0.1, 0.15) is 5.75 Å². The number of carbonyl (C=O) groups excluding carboxylic acids is 2. The molecule has 0 radical (unpaired) electrons. The summed E-state index contributed by atoms with van der Waals surface area (Å²) in [6, 6.07) is 6.31. The maximum atomic E-state index is 12.9. The van der Waals surface area contributed by atoms with Gasteiger partial charge in [-0.15, -0.1) is 0 Å². The number of ether oxygens (including phenoxy) is 1. The summed E-state index contributed by atoms with van der Waals surface area (Å²) in [5, 5.41) is 12.8. The van der Waals surface area contributed by atoms with E-state index in [0.29, 0.717) is 17.6 Å². The minimum atomic E-state index is -1.67. The fourth-order valence-corrected chi connectivity index (χ4v) is 5.04. The number of hydrogen-bond donors (Lipinski definition) is 2. The van der Waals surface area contributed by atoms with Crippen LogP contribution in [-0.4, -0.2) is 23.0 Å². The van der Waals surface area contributed by atoms with E-state index in [0.717, 1.165) is 12.0 Å². The highest BCUT2D eigenvalue weighted by Crippen LogP contribution is 2.40. The van der Waals surface area contributed by atoms with Gasteiger partial charge in [0.15, 0.2) is 5.54 Å². The number of aliphatic carboxylic acids is 1. The Kier molecular flexibility index (Phi) is 11.9. The lowest BCUT2D eigenvalue weighted by molar-refractivity contribution is -0.147. The van der Waals surface area contributed by atoms with E-state index in [-0.39, 0.29) is 24.0 Å². The summed E-state index contributed by atoms with van der Waals surface area (Å²) in [5.41, 5.74) is 3.47. The van der Waals surface area contributed by atoms with Crippen LogP contribution < -0.4 is 10.1 Å². The van der Waals surface area contributed by atoms with Crippen LogP contribution in [-0.2, 0) is 19.9 Å². The average Bonchev–Trinajstić information content (AvgIpc) is 2.86. The summed E-state index contributed by atoms with van der Waals surface area (Å²) < 4.78 is 5.34. The van der Waals surface area contributed by atoms with Crippen LogP contribution in [0.5, 0.6) is 5.75 Å². The second kappa shape index (κ2) is 14.6. The van der Waals surface area contributed by atoms with E-state index in [9.17, 15) is 19.5 Å². The van der Waals surface area contributed by atoms with Crippen molar-refractivity contribution in [1.29, 1.82) is 0 Å². The number of nitrogens with one attached hydrogen (secondary N) is 1. The van der Waals surface area contributed by atoms with Crippen molar-refractivity contribution in [2.24, 2.45) is 5.41 Å². The Morgan fingerprint density at radius 1 is 1.12 bits per heavy atom. The highest BCUT2D eigenvalue weighted by Gasteiger charge is 2.40. The topological polar surface area (TPSA) is 92.7 Å². The van der Waals surface area contributed by atoms with Crippen LogP contribution in [0.2, 0.25) is 0 Å². The maximum absolute atomic E-state index is 12.9. The zero-order chi connectivity index (χ0) is 29.9. The summed E-state index contributed by atoms with van der Waals surface area (Å²) in [4.78, 5) is 37.3. The normalized spacial score (nSPS) is 17.7. The van der Waals surface area contributed by atoms with Gasteiger partial charge in [0, 0.05) is 12.5 Å². The quantitative estimate of drug-likeness (QED) is 0.121. The molecular formula is C34H45NO5. The van der Waals surface area contributed by atoms with Crippen LogP contribution in [0, 0.1) is 5.41 Å². The second-order valence-corrected chi connectivity index (χ2v) is 11.2. The lowest BCUT2D eigenvalue weighted by Crippen LogP contribution is -2.51. The Bertz CT molecular complexity index is 1240. The van der Waals surface area contributed by atoms with E-state index >= 15 is 0 Å². The molecule has 1 aliphatic carbocycles. The molecule has 6 heteroatoms. The lowest BCUT2D eigenvalue weighted by atomic mass is 9.72. The standard InChI is InChI=1S/C34H45NO5/c1-8-13-31(37)40-28-18-11-17-27(23-28)34(9-2,32(38)39)35-30(36)22-25(4)15-10-14-24(3)19-20-29-26(5)16-12-21-33(29,6)7/h10-11,14-15,17-20,22-23H,8-9,12-13,16,21H2,1-7H3,(H,35,36)(H,38,39). The first-order chi connectivity index (χ1) is 18.8. The summed E-state index contributed by atoms with van der Waals surface area (Å²) >= 11 is 0.